The Morgan fingerprint density at radius 1 is 1.39 bits per heavy atom. The minimum absolute atomic E-state index is 0.0131. The van der Waals surface area contributed by atoms with Gasteiger partial charge in [0.15, 0.2) is 15.1 Å². The third-order valence-corrected chi connectivity index (χ3v) is 5.48. The summed E-state index contributed by atoms with van der Waals surface area (Å²) in [4.78, 5) is 34.6. The van der Waals surface area contributed by atoms with Crippen molar-refractivity contribution >= 4 is 33.1 Å². The number of nitrogens with zero attached hydrogens (tertiary/aromatic N) is 2. The Kier molecular flexibility index (Phi) is 4.23. The smallest absolute Gasteiger partial charge is 0.323 e. The van der Waals surface area contributed by atoms with E-state index in [0.717, 1.165) is 17.0 Å². The van der Waals surface area contributed by atoms with Crippen LogP contribution in [0.1, 0.15) is 10.4 Å². The fourth-order valence-corrected chi connectivity index (χ4v) is 3.69. The van der Waals surface area contributed by atoms with Crippen molar-refractivity contribution in [3.8, 4) is 0 Å². The van der Waals surface area contributed by atoms with Crippen LogP contribution in [0.15, 0.2) is 18.2 Å². The van der Waals surface area contributed by atoms with E-state index in [2.05, 4.69) is 0 Å². The number of hydrogen-bond donors (Lipinski definition) is 2. The standard InChI is InChI=1S/C12H13N3O7S/c13-9-2-1-7(15(19)20)5-8(9)11(16)14-3-4-23(21,22)10(6-14)12(17)18/h1-2,5,10H,3-4,6,13H2,(H,17,18). The number of amides is 1. The molecular formula is C12H13N3O7S. The van der Waals surface area contributed by atoms with Crippen molar-refractivity contribution in [3.05, 3.63) is 33.9 Å². The number of aliphatic carboxylic acids is 1. The first-order valence-electron chi connectivity index (χ1n) is 6.41. The normalized spacial score (nSPS) is 20.0. The van der Waals surface area contributed by atoms with Crippen LogP contribution in [-0.4, -0.2) is 59.3 Å². The van der Waals surface area contributed by atoms with Crippen LogP contribution in [0.25, 0.3) is 0 Å². The molecule has 10 nitrogen and oxygen atoms in total. The minimum Gasteiger partial charge on any atom is -0.480 e. The lowest BCUT2D eigenvalue weighted by Gasteiger charge is -2.30. The van der Waals surface area contributed by atoms with Crippen molar-refractivity contribution < 1.29 is 28.0 Å². The number of hydrogen-bond acceptors (Lipinski definition) is 7. The van der Waals surface area contributed by atoms with Crippen LogP contribution in [0.5, 0.6) is 0 Å². The molecule has 1 aromatic rings. The summed E-state index contributed by atoms with van der Waals surface area (Å²) < 4.78 is 23.4. The second-order valence-electron chi connectivity index (χ2n) is 4.97. The molecule has 2 rings (SSSR count). The molecule has 0 saturated carbocycles. The topological polar surface area (TPSA) is 161 Å². The molecule has 0 spiro atoms. The number of carbonyl (C=O) groups excluding carboxylic acids is 1. The average molecular weight is 343 g/mol. The minimum atomic E-state index is -3.84. The Hall–Kier alpha value is -2.69. The molecule has 0 bridgehead atoms. The van der Waals surface area contributed by atoms with Gasteiger partial charge in [-0.15, -0.1) is 0 Å². The van der Waals surface area contributed by atoms with Gasteiger partial charge < -0.3 is 15.7 Å². The molecular weight excluding hydrogens is 330 g/mol. The van der Waals surface area contributed by atoms with Gasteiger partial charge in [-0.05, 0) is 6.07 Å². The van der Waals surface area contributed by atoms with E-state index in [9.17, 15) is 28.1 Å². The third-order valence-electron chi connectivity index (χ3n) is 3.51. The van der Waals surface area contributed by atoms with Gasteiger partial charge in [-0.1, -0.05) is 0 Å². The zero-order chi connectivity index (χ0) is 17.4. The van der Waals surface area contributed by atoms with Crippen LogP contribution in [0.2, 0.25) is 0 Å². The molecule has 11 heteroatoms. The Bertz CT molecular complexity index is 790. The van der Waals surface area contributed by atoms with Crippen LogP contribution in [-0.2, 0) is 14.6 Å². The number of benzene rings is 1. The summed E-state index contributed by atoms with van der Waals surface area (Å²) in [7, 11) is -3.84. The number of nitro groups is 1. The van der Waals surface area contributed by atoms with Crippen LogP contribution < -0.4 is 5.73 Å². The molecule has 0 aliphatic carbocycles. The number of carbonyl (C=O) groups is 2. The highest BCUT2D eigenvalue weighted by Gasteiger charge is 2.40. The summed E-state index contributed by atoms with van der Waals surface area (Å²) in [5, 5.41) is 18.0. The summed E-state index contributed by atoms with van der Waals surface area (Å²) >= 11 is 0. The quantitative estimate of drug-likeness (QED) is 0.422. The van der Waals surface area contributed by atoms with Gasteiger partial charge in [0.05, 0.1) is 16.2 Å². The van der Waals surface area contributed by atoms with Crippen LogP contribution in [0.4, 0.5) is 11.4 Å². The van der Waals surface area contributed by atoms with Crippen LogP contribution in [0, 0.1) is 10.1 Å². The van der Waals surface area contributed by atoms with Crippen LogP contribution in [0.3, 0.4) is 0 Å². The number of nitrogens with two attached hydrogens (primary N) is 1. The van der Waals surface area contributed by atoms with Crippen LogP contribution >= 0.6 is 0 Å². The fraction of sp³-hybridized carbons (Fsp3) is 0.333. The van der Waals surface area contributed by atoms with Gasteiger partial charge in [-0.2, -0.15) is 0 Å². The van der Waals surface area contributed by atoms with Gasteiger partial charge in [-0.3, -0.25) is 19.7 Å². The molecule has 0 aromatic heterocycles. The van der Waals surface area contributed by atoms with Gasteiger partial charge in [0.2, 0.25) is 0 Å². The third kappa shape index (κ3) is 3.23. The second kappa shape index (κ2) is 5.83. The average Bonchev–Trinajstić information content (AvgIpc) is 2.46. The lowest BCUT2D eigenvalue weighted by atomic mass is 10.1. The highest BCUT2D eigenvalue weighted by atomic mass is 32.2. The number of nitrogen functional groups attached to an aromatic ring is 1. The number of nitro benzene ring substituents is 1. The van der Waals surface area contributed by atoms with Gasteiger partial charge in [0, 0.05) is 30.9 Å². The van der Waals surface area contributed by atoms with Crippen molar-refractivity contribution in [3.63, 3.8) is 0 Å². The summed E-state index contributed by atoms with van der Waals surface area (Å²) in [6.07, 6.45) is 0. The van der Waals surface area contributed by atoms with E-state index in [0.29, 0.717) is 0 Å². The molecule has 1 aliphatic rings. The molecule has 1 aromatic carbocycles. The van der Waals surface area contributed by atoms with Gasteiger partial charge in [0.1, 0.15) is 0 Å². The Labute approximate surface area is 130 Å². The zero-order valence-corrected chi connectivity index (χ0v) is 12.5. The number of rotatable bonds is 3. The summed E-state index contributed by atoms with van der Waals surface area (Å²) in [6.45, 7) is -0.730. The predicted molar refractivity (Wildman–Crippen MR) is 78.6 cm³/mol. The molecule has 1 heterocycles. The molecule has 1 aliphatic heterocycles. The lowest BCUT2D eigenvalue weighted by Crippen LogP contribution is -2.52. The molecule has 1 amide bonds. The first-order chi connectivity index (χ1) is 10.6. The monoisotopic (exact) mass is 343 g/mol. The molecule has 23 heavy (non-hydrogen) atoms. The van der Waals surface area contributed by atoms with E-state index in [-0.39, 0.29) is 23.5 Å². The van der Waals surface area contributed by atoms with E-state index >= 15 is 0 Å². The van der Waals surface area contributed by atoms with E-state index < -0.39 is 44.2 Å². The van der Waals surface area contributed by atoms with Crippen molar-refractivity contribution in [1.29, 1.82) is 0 Å². The SMILES string of the molecule is Nc1ccc([N+](=O)[O-])cc1C(=O)N1CCS(=O)(=O)C(C(=O)O)C1. The maximum Gasteiger partial charge on any atom is 0.323 e. The molecule has 0 radical (unpaired) electrons. The maximum atomic E-state index is 12.4. The largest absolute Gasteiger partial charge is 0.480 e. The second-order valence-corrected chi connectivity index (χ2v) is 7.28. The fourth-order valence-electron chi connectivity index (χ4n) is 2.21. The number of anilines is 1. The number of non-ortho nitro benzene ring substituents is 1. The molecule has 1 unspecified atom stereocenters. The number of sulfone groups is 1. The molecule has 3 N–H and O–H groups in total. The molecule has 1 fully saturated rings. The van der Waals surface area contributed by atoms with E-state index in [1.807, 2.05) is 0 Å². The van der Waals surface area contributed by atoms with Crippen molar-refractivity contribution in [1.82, 2.24) is 4.90 Å². The molecule has 1 saturated heterocycles. The van der Waals surface area contributed by atoms with E-state index in [1.54, 1.807) is 0 Å². The maximum absolute atomic E-state index is 12.4. The van der Waals surface area contributed by atoms with E-state index in [4.69, 9.17) is 10.8 Å². The Morgan fingerprint density at radius 2 is 2.04 bits per heavy atom. The first-order valence-corrected chi connectivity index (χ1v) is 8.12. The Balaban J connectivity index is 2.33. The van der Waals surface area contributed by atoms with E-state index in [1.165, 1.54) is 6.07 Å². The lowest BCUT2D eigenvalue weighted by molar-refractivity contribution is -0.384. The zero-order valence-electron chi connectivity index (χ0n) is 11.7. The van der Waals surface area contributed by atoms with Gasteiger partial charge >= 0.3 is 5.97 Å². The van der Waals surface area contributed by atoms with Gasteiger partial charge in [-0.25, -0.2) is 8.42 Å². The Morgan fingerprint density at radius 3 is 2.61 bits per heavy atom. The van der Waals surface area contributed by atoms with Crippen molar-refractivity contribution in [2.45, 2.75) is 5.25 Å². The highest BCUT2D eigenvalue weighted by molar-refractivity contribution is 7.92. The first kappa shape index (κ1) is 16.7. The number of carboxylic acid groups (broad SMARTS) is 1. The van der Waals surface area contributed by atoms with Crippen molar-refractivity contribution in [2.24, 2.45) is 0 Å². The summed E-state index contributed by atoms with van der Waals surface area (Å²) in [6, 6.07) is 3.31. The molecule has 1 atom stereocenters. The predicted octanol–water partition coefficient (Wildman–Crippen LogP) is -0.499. The highest BCUT2D eigenvalue weighted by Crippen LogP contribution is 2.23. The van der Waals surface area contributed by atoms with Crippen molar-refractivity contribution in [2.75, 3.05) is 24.6 Å². The number of carboxylic acids is 1. The van der Waals surface area contributed by atoms with Gasteiger partial charge in [0.25, 0.3) is 11.6 Å². The molecule has 124 valence electrons. The summed E-state index contributed by atoms with van der Waals surface area (Å²) in [5.41, 5.74) is 5.12. The summed E-state index contributed by atoms with van der Waals surface area (Å²) in [5.74, 6) is -2.79.